The Hall–Kier alpha value is -3.65. The average Bonchev–Trinajstić information content (AvgIpc) is 3.24. The number of pyridine rings is 2. The minimum atomic E-state index is -0.731. The maximum atomic E-state index is 11.2. The lowest BCUT2D eigenvalue weighted by Gasteiger charge is -2.25. The van der Waals surface area contributed by atoms with Crippen LogP contribution in [0.1, 0.15) is 25.7 Å². The fourth-order valence-electron chi connectivity index (χ4n) is 4.55. The van der Waals surface area contributed by atoms with E-state index in [1.165, 1.54) is 0 Å². The average molecular weight is 492 g/mol. The summed E-state index contributed by atoms with van der Waals surface area (Å²) in [4.78, 5) is 29.8. The molecule has 3 heterocycles. The van der Waals surface area contributed by atoms with Gasteiger partial charge in [-0.1, -0.05) is 35.9 Å². The molecule has 180 valence electrons. The molecular formula is C26H26ClN5O3. The third-order valence-electron chi connectivity index (χ3n) is 6.46. The van der Waals surface area contributed by atoms with E-state index >= 15 is 0 Å². The molecular weight excluding hydrogens is 466 g/mol. The van der Waals surface area contributed by atoms with E-state index in [4.69, 9.17) is 16.3 Å². The van der Waals surface area contributed by atoms with Crippen molar-refractivity contribution in [3.8, 4) is 28.4 Å². The molecule has 0 amide bonds. The van der Waals surface area contributed by atoms with Gasteiger partial charge in [0, 0.05) is 43.3 Å². The molecule has 4 aromatic rings. The number of imidazole rings is 1. The molecule has 8 nitrogen and oxygen atoms in total. The van der Waals surface area contributed by atoms with Crippen molar-refractivity contribution >= 4 is 34.4 Å². The van der Waals surface area contributed by atoms with E-state index in [1.807, 2.05) is 50.6 Å². The Balaban J connectivity index is 1.37. The van der Waals surface area contributed by atoms with E-state index in [0.717, 1.165) is 22.4 Å². The summed E-state index contributed by atoms with van der Waals surface area (Å²) in [6.07, 6.45) is 6.18. The number of aromatic amines is 1. The van der Waals surface area contributed by atoms with Gasteiger partial charge in [0.2, 0.25) is 0 Å². The van der Waals surface area contributed by atoms with Gasteiger partial charge in [-0.2, -0.15) is 4.98 Å². The Bertz CT molecular complexity index is 1360. The largest absolute Gasteiger partial charge is 0.481 e. The lowest BCUT2D eigenvalue weighted by Crippen LogP contribution is -2.28. The van der Waals surface area contributed by atoms with Crippen LogP contribution in [0.2, 0.25) is 5.02 Å². The summed E-state index contributed by atoms with van der Waals surface area (Å²) in [7, 11) is 4.02. The molecule has 5 rings (SSSR count). The summed E-state index contributed by atoms with van der Waals surface area (Å²) in [5.41, 5.74) is 5.92. The zero-order valence-corrected chi connectivity index (χ0v) is 20.3. The molecule has 0 bridgehead atoms. The zero-order valence-electron chi connectivity index (χ0n) is 19.5. The van der Waals surface area contributed by atoms with Gasteiger partial charge in [-0.3, -0.25) is 9.78 Å². The van der Waals surface area contributed by atoms with Crippen molar-refractivity contribution in [3.63, 3.8) is 0 Å². The number of hydrogen-bond donors (Lipinski definition) is 2. The van der Waals surface area contributed by atoms with Crippen LogP contribution in [-0.4, -0.2) is 51.2 Å². The van der Waals surface area contributed by atoms with Crippen LogP contribution >= 0.6 is 11.6 Å². The molecule has 0 saturated heterocycles. The highest BCUT2D eigenvalue weighted by molar-refractivity contribution is 6.33. The smallest absolute Gasteiger partial charge is 0.306 e. The van der Waals surface area contributed by atoms with Crippen LogP contribution in [-0.2, 0) is 4.79 Å². The van der Waals surface area contributed by atoms with Gasteiger partial charge in [-0.15, -0.1) is 0 Å². The number of carboxylic acid groups (broad SMARTS) is 1. The van der Waals surface area contributed by atoms with E-state index in [9.17, 15) is 9.90 Å². The molecule has 0 spiro atoms. The number of nitrogens with zero attached hydrogens (tertiary/aromatic N) is 4. The third kappa shape index (κ3) is 4.79. The second-order valence-corrected chi connectivity index (χ2v) is 9.43. The van der Waals surface area contributed by atoms with Gasteiger partial charge < -0.3 is 19.7 Å². The molecule has 1 saturated carbocycles. The molecule has 1 fully saturated rings. The number of carbonyl (C=O) groups is 1. The summed E-state index contributed by atoms with van der Waals surface area (Å²) in [5.74, 6) is -1.02. The molecule has 1 aliphatic carbocycles. The van der Waals surface area contributed by atoms with E-state index in [0.29, 0.717) is 53.6 Å². The highest BCUT2D eigenvalue weighted by Gasteiger charge is 2.27. The monoisotopic (exact) mass is 491 g/mol. The highest BCUT2D eigenvalue weighted by atomic mass is 35.5. The van der Waals surface area contributed by atoms with Crippen LogP contribution in [0, 0.1) is 5.92 Å². The van der Waals surface area contributed by atoms with E-state index in [-0.39, 0.29) is 12.0 Å². The Morgan fingerprint density at radius 3 is 2.49 bits per heavy atom. The number of nitrogens with one attached hydrogen (secondary N) is 1. The molecule has 1 aliphatic rings. The molecule has 3 aromatic heterocycles. The lowest BCUT2D eigenvalue weighted by atomic mass is 9.87. The maximum Gasteiger partial charge on any atom is 0.306 e. The molecule has 35 heavy (non-hydrogen) atoms. The zero-order chi connectivity index (χ0) is 24.5. The minimum absolute atomic E-state index is 0.0619. The van der Waals surface area contributed by atoms with Crippen LogP contribution in [0.3, 0.4) is 0 Å². The normalized spacial score (nSPS) is 17.9. The van der Waals surface area contributed by atoms with Crippen LogP contribution in [0.4, 0.5) is 5.69 Å². The Labute approximate surface area is 208 Å². The molecule has 0 radical (unpaired) electrons. The number of aromatic nitrogens is 4. The minimum Gasteiger partial charge on any atom is -0.481 e. The Morgan fingerprint density at radius 2 is 1.80 bits per heavy atom. The first-order valence-electron chi connectivity index (χ1n) is 11.6. The first-order chi connectivity index (χ1) is 16.9. The summed E-state index contributed by atoms with van der Waals surface area (Å²) < 4.78 is 6.00. The lowest BCUT2D eigenvalue weighted by molar-refractivity contribution is -0.143. The van der Waals surface area contributed by atoms with Crippen LogP contribution in [0.15, 0.2) is 48.8 Å². The van der Waals surface area contributed by atoms with Crippen molar-refractivity contribution < 1.29 is 14.6 Å². The number of benzene rings is 1. The summed E-state index contributed by atoms with van der Waals surface area (Å²) >= 11 is 6.58. The molecule has 2 N–H and O–H groups in total. The number of rotatable bonds is 6. The van der Waals surface area contributed by atoms with Gasteiger partial charge in [0.1, 0.15) is 6.10 Å². The van der Waals surface area contributed by atoms with Crippen LogP contribution in [0.5, 0.6) is 6.01 Å². The van der Waals surface area contributed by atoms with Gasteiger partial charge in [0.25, 0.3) is 6.01 Å². The van der Waals surface area contributed by atoms with E-state index < -0.39 is 5.97 Å². The standard InChI is InChI=1S/C26H26ClN5O3/c1-32(2)22-11-12-28-14-19(22)15-3-5-16(6-4-15)23-20(27)13-21-24(30-23)31-26(29-21)35-18-9-7-17(8-10-18)25(33)34/h3-6,11-14,17-18H,7-10H2,1-2H3,(H,33,34)(H,29,30,31)/t17-,18-. The fourth-order valence-corrected chi connectivity index (χ4v) is 4.81. The molecule has 0 aliphatic heterocycles. The number of halogens is 1. The van der Waals surface area contributed by atoms with Crippen molar-refractivity contribution in [2.24, 2.45) is 5.92 Å². The first kappa shape index (κ1) is 23.1. The van der Waals surface area contributed by atoms with Gasteiger partial charge in [0.05, 0.1) is 22.2 Å². The van der Waals surface area contributed by atoms with E-state index in [1.54, 1.807) is 12.3 Å². The Morgan fingerprint density at radius 1 is 1.09 bits per heavy atom. The first-order valence-corrected chi connectivity index (χ1v) is 11.9. The highest BCUT2D eigenvalue weighted by Crippen LogP contribution is 2.34. The quantitative estimate of drug-likeness (QED) is 0.370. The topological polar surface area (TPSA) is 104 Å². The number of fused-ring (bicyclic) bond motifs is 1. The van der Waals surface area contributed by atoms with Gasteiger partial charge in [-0.05, 0) is 43.4 Å². The Kier molecular flexibility index (Phi) is 6.30. The predicted molar refractivity (Wildman–Crippen MR) is 136 cm³/mol. The van der Waals surface area contributed by atoms with Gasteiger partial charge in [0.15, 0.2) is 5.65 Å². The number of anilines is 1. The number of hydrogen-bond acceptors (Lipinski definition) is 6. The number of aliphatic carboxylic acids is 1. The second-order valence-electron chi connectivity index (χ2n) is 9.03. The molecule has 1 aromatic carbocycles. The van der Waals surface area contributed by atoms with E-state index in [2.05, 4.69) is 24.8 Å². The van der Waals surface area contributed by atoms with Crippen molar-refractivity contribution in [1.29, 1.82) is 0 Å². The number of carboxylic acids is 1. The van der Waals surface area contributed by atoms with Crippen molar-refractivity contribution in [2.75, 3.05) is 19.0 Å². The maximum absolute atomic E-state index is 11.2. The van der Waals surface area contributed by atoms with Crippen molar-refractivity contribution in [1.82, 2.24) is 19.9 Å². The van der Waals surface area contributed by atoms with Gasteiger partial charge in [-0.25, -0.2) is 4.98 Å². The molecule has 0 atom stereocenters. The van der Waals surface area contributed by atoms with Crippen LogP contribution in [0.25, 0.3) is 33.5 Å². The van der Waals surface area contributed by atoms with Crippen LogP contribution < -0.4 is 9.64 Å². The fraction of sp³-hybridized carbons (Fsp3) is 0.308. The summed E-state index contributed by atoms with van der Waals surface area (Å²) in [5, 5.41) is 9.69. The van der Waals surface area contributed by atoms with Gasteiger partial charge >= 0.3 is 5.97 Å². The number of ether oxygens (including phenoxy) is 1. The molecule has 9 heteroatoms. The summed E-state index contributed by atoms with van der Waals surface area (Å²) in [6.45, 7) is 0. The summed E-state index contributed by atoms with van der Waals surface area (Å²) in [6, 6.07) is 12.2. The van der Waals surface area contributed by atoms with Crippen molar-refractivity contribution in [2.45, 2.75) is 31.8 Å². The molecule has 0 unspecified atom stereocenters. The SMILES string of the molecule is CN(C)c1ccncc1-c1ccc(-c2nc3nc(O[C@H]4CC[C@H](C(=O)O)CC4)[nH]c3cc2Cl)cc1. The second kappa shape index (κ2) is 9.54. The number of H-pyrrole nitrogens is 1. The van der Waals surface area contributed by atoms with Crippen molar-refractivity contribution in [3.05, 3.63) is 53.8 Å². The third-order valence-corrected chi connectivity index (χ3v) is 6.74. The predicted octanol–water partition coefficient (Wildman–Crippen LogP) is 5.43.